The Hall–Kier alpha value is -2.97. The number of ketones is 1. The molecule has 2 saturated carbocycles. The summed E-state index contributed by atoms with van der Waals surface area (Å²) in [7, 11) is 0. The standard InChI is InChI=1S/C19H21N5O4/c25-15(5-6-19(13-3-4-13)17(26)21-18(27)22-19)16-7-14(23-28-16)12-8-20-24(10-12)9-11-1-2-11/h7-8,10-11,13H,1-6,9H2,(H2,21,22,26,27)/t19-/m0/s1. The van der Waals surface area contributed by atoms with Crippen LogP contribution < -0.4 is 10.6 Å². The van der Waals surface area contributed by atoms with Gasteiger partial charge in [-0.15, -0.1) is 0 Å². The zero-order chi connectivity index (χ0) is 19.3. The predicted molar refractivity (Wildman–Crippen MR) is 96.1 cm³/mol. The highest BCUT2D eigenvalue weighted by Gasteiger charge is 2.55. The first-order chi connectivity index (χ1) is 13.5. The fraction of sp³-hybridized carbons (Fsp3) is 0.526. The molecule has 5 rings (SSSR count). The topological polar surface area (TPSA) is 119 Å². The van der Waals surface area contributed by atoms with Crippen LogP contribution in [0.3, 0.4) is 0 Å². The Labute approximate surface area is 160 Å². The third-order valence-electron chi connectivity index (χ3n) is 5.85. The summed E-state index contributed by atoms with van der Waals surface area (Å²) in [5.74, 6) is 0.386. The Bertz CT molecular complexity index is 955. The number of rotatable bonds is 8. The predicted octanol–water partition coefficient (Wildman–Crippen LogP) is 1.90. The number of aromatic nitrogens is 3. The lowest BCUT2D eigenvalue weighted by molar-refractivity contribution is -0.124. The minimum atomic E-state index is -0.973. The molecule has 3 amide bonds. The highest BCUT2D eigenvalue weighted by Crippen LogP contribution is 2.44. The van der Waals surface area contributed by atoms with Crippen molar-refractivity contribution in [1.82, 2.24) is 25.6 Å². The number of nitrogens with one attached hydrogen (secondary N) is 2. The third kappa shape index (κ3) is 3.10. The van der Waals surface area contributed by atoms with E-state index in [0.29, 0.717) is 11.6 Å². The van der Waals surface area contributed by atoms with E-state index >= 15 is 0 Å². The molecule has 3 aliphatic rings. The molecule has 1 atom stereocenters. The van der Waals surface area contributed by atoms with E-state index in [1.807, 2.05) is 10.9 Å². The lowest BCUT2D eigenvalue weighted by atomic mass is 9.87. The number of Topliss-reactive ketones (excluding diaryl/α,β-unsaturated/α-hetero) is 1. The van der Waals surface area contributed by atoms with E-state index in [9.17, 15) is 14.4 Å². The zero-order valence-corrected chi connectivity index (χ0v) is 15.3. The Balaban J connectivity index is 1.25. The van der Waals surface area contributed by atoms with Crippen molar-refractivity contribution in [2.24, 2.45) is 11.8 Å². The molecule has 1 aliphatic heterocycles. The SMILES string of the molecule is O=C1NC(=O)[C@](CCC(=O)c2cc(-c3cnn(CC4CC4)c3)no2)(C2CC2)N1. The van der Waals surface area contributed by atoms with Crippen molar-refractivity contribution in [3.63, 3.8) is 0 Å². The summed E-state index contributed by atoms with van der Waals surface area (Å²) in [5.41, 5.74) is 0.397. The molecule has 146 valence electrons. The summed E-state index contributed by atoms with van der Waals surface area (Å²) in [5, 5.41) is 13.3. The van der Waals surface area contributed by atoms with E-state index in [1.165, 1.54) is 12.8 Å². The second-order valence-electron chi connectivity index (χ2n) is 8.05. The highest BCUT2D eigenvalue weighted by molar-refractivity contribution is 6.08. The van der Waals surface area contributed by atoms with Gasteiger partial charge in [-0.05, 0) is 43.9 Å². The van der Waals surface area contributed by atoms with Crippen LogP contribution in [0.25, 0.3) is 11.3 Å². The molecule has 2 aromatic rings. The summed E-state index contributed by atoms with van der Waals surface area (Å²) >= 11 is 0. The Morgan fingerprint density at radius 3 is 2.79 bits per heavy atom. The van der Waals surface area contributed by atoms with Crippen molar-refractivity contribution in [3.05, 3.63) is 24.2 Å². The lowest BCUT2D eigenvalue weighted by Gasteiger charge is -2.25. The van der Waals surface area contributed by atoms with Gasteiger partial charge in [-0.2, -0.15) is 5.10 Å². The van der Waals surface area contributed by atoms with Gasteiger partial charge < -0.3 is 9.84 Å². The van der Waals surface area contributed by atoms with Gasteiger partial charge in [-0.3, -0.25) is 19.6 Å². The van der Waals surface area contributed by atoms with Crippen LogP contribution in [-0.4, -0.2) is 38.2 Å². The Morgan fingerprint density at radius 1 is 1.29 bits per heavy atom. The zero-order valence-electron chi connectivity index (χ0n) is 15.3. The number of imide groups is 1. The molecule has 2 N–H and O–H groups in total. The van der Waals surface area contributed by atoms with Gasteiger partial charge in [0.1, 0.15) is 11.2 Å². The van der Waals surface area contributed by atoms with Crippen molar-refractivity contribution in [2.75, 3.05) is 0 Å². The first-order valence-electron chi connectivity index (χ1n) is 9.70. The van der Waals surface area contributed by atoms with Crippen LogP contribution in [0.5, 0.6) is 0 Å². The molecule has 0 bridgehead atoms. The maximum atomic E-state index is 12.6. The van der Waals surface area contributed by atoms with Gasteiger partial charge in [-0.1, -0.05) is 5.16 Å². The number of amides is 3. The molecule has 0 radical (unpaired) electrons. The second kappa shape index (κ2) is 6.29. The molecule has 1 saturated heterocycles. The molecule has 0 spiro atoms. The number of hydrogen-bond acceptors (Lipinski definition) is 6. The van der Waals surface area contributed by atoms with Crippen LogP contribution in [0.15, 0.2) is 23.0 Å². The molecular weight excluding hydrogens is 362 g/mol. The largest absolute Gasteiger partial charge is 0.352 e. The maximum absolute atomic E-state index is 12.6. The van der Waals surface area contributed by atoms with E-state index in [1.54, 1.807) is 12.3 Å². The average molecular weight is 383 g/mol. The van der Waals surface area contributed by atoms with E-state index in [4.69, 9.17) is 4.52 Å². The van der Waals surface area contributed by atoms with Crippen LogP contribution >= 0.6 is 0 Å². The van der Waals surface area contributed by atoms with Crippen molar-refractivity contribution >= 4 is 17.7 Å². The number of carbonyl (C=O) groups excluding carboxylic acids is 3. The summed E-state index contributed by atoms with van der Waals surface area (Å²) in [6.45, 7) is 0.903. The molecule has 2 aliphatic carbocycles. The van der Waals surface area contributed by atoms with Crippen molar-refractivity contribution in [3.8, 4) is 11.3 Å². The van der Waals surface area contributed by atoms with E-state index in [-0.39, 0.29) is 36.2 Å². The van der Waals surface area contributed by atoms with Gasteiger partial charge >= 0.3 is 6.03 Å². The monoisotopic (exact) mass is 383 g/mol. The van der Waals surface area contributed by atoms with E-state index in [0.717, 1.165) is 24.9 Å². The van der Waals surface area contributed by atoms with Crippen molar-refractivity contribution in [1.29, 1.82) is 0 Å². The van der Waals surface area contributed by atoms with Crippen LogP contribution in [0.2, 0.25) is 0 Å². The second-order valence-corrected chi connectivity index (χ2v) is 8.05. The lowest BCUT2D eigenvalue weighted by Crippen LogP contribution is -2.49. The molecule has 28 heavy (non-hydrogen) atoms. The summed E-state index contributed by atoms with van der Waals surface area (Å²) in [6, 6.07) is 1.12. The molecule has 3 heterocycles. The molecule has 0 unspecified atom stereocenters. The fourth-order valence-corrected chi connectivity index (χ4v) is 3.89. The van der Waals surface area contributed by atoms with Gasteiger partial charge in [0.25, 0.3) is 5.91 Å². The number of hydrogen-bond donors (Lipinski definition) is 2. The van der Waals surface area contributed by atoms with Crippen LogP contribution in [0.1, 0.15) is 49.1 Å². The molecule has 3 fully saturated rings. The summed E-state index contributed by atoms with van der Waals surface area (Å²) in [4.78, 5) is 36.4. The fourth-order valence-electron chi connectivity index (χ4n) is 3.89. The van der Waals surface area contributed by atoms with E-state index < -0.39 is 11.6 Å². The van der Waals surface area contributed by atoms with Crippen molar-refractivity contribution < 1.29 is 18.9 Å². The van der Waals surface area contributed by atoms with Crippen LogP contribution in [0, 0.1) is 11.8 Å². The Kier molecular flexibility index (Phi) is 3.85. The third-order valence-corrected chi connectivity index (χ3v) is 5.85. The first-order valence-corrected chi connectivity index (χ1v) is 9.70. The molecule has 9 nitrogen and oxygen atoms in total. The quantitative estimate of drug-likeness (QED) is 0.531. The number of urea groups is 1. The van der Waals surface area contributed by atoms with Gasteiger partial charge in [0, 0.05) is 30.8 Å². The van der Waals surface area contributed by atoms with E-state index in [2.05, 4.69) is 20.9 Å². The van der Waals surface area contributed by atoms with Crippen LogP contribution in [-0.2, 0) is 11.3 Å². The van der Waals surface area contributed by atoms with Gasteiger partial charge in [0.05, 0.1) is 6.20 Å². The Morgan fingerprint density at radius 2 is 2.11 bits per heavy atom. The van der Waals surface area contributed by atoms with Crippen LogP contribution in [0.4, 0.5) is 4.79 Å². The van der Waals surface area contributed by atoms with Gasteiger partial charge in [0.2, 0.25) is 11.5 Å². The van der Waals surface area contributed by atoms with Crippen molar-refractivity contribution in [2.45, 2.75) is 50.6 Å². The van der Waals surface area contributed by atoms with Gasteiger partial charge in [-0.25, -0.2) is 4.79 Å². The molecule has 2 aromatic heterocycles. The normalized spacial score (nSPS) is 24.3. The molecule has 0 aromatic carbocycles. The smallest absolute Gasteiger partial charge is 0.322 e. The highest BCUT2D eigenvalue weighted by atomic mass is 16.5. The summed E-state index contributed by atoms with van der Waals surface area (Å²) < 4.78 is 7.12. The summed E-state index contributed by atoms with van der Waals surface area (Å²) in [6.07, 6.45) is 8.22. The number of nitrogens with zero attached hydrogens (tertiary/aromatic N) is 3. The maximum Gasteiger partial charge on any atom is 0.322 e. The molecule has 9 heteroatoms. The minimum Gasteiger partial charge on any atom is -0.352 e. The number of carbonyl (C=O) groups is 3. The molecular formula is C19H21N5O4. The first kappa shape index (κ1) is 17.2. The minimum absolute atomic E-state index is 0.0920. The van der Waals surface area contributed by atoms with Gasteiger partial charge in [0.15, 0.2) is 0 Å². The average Bonchev–Trinajstić information content (AvgIpc) is 3.55.